The summed E-state index contributed by atoms with van der Waals surface area (Å²) in [7, 11) is 0. The molecule has 198 valence electrons. The Labute approximate surface area is 217 Å². The van der Waals surface area contributed by atoms with Crippen molar-refractivity contribution in [2.24, 2.45) is 0 Å². The summed E-state index contributed by atoms with van der Waals surface area (Å²) in [6.45, 7) is 2.15. The van der Waals surface area contributed by atoms with Gasteiger partial charge >= 0.3 is 12.6 Å². The monoisotopic (exact) mass is 524 g/mol. The van der Waals surface area contributed by atoms with Gasteiger partial charge in [0.1, 0.15) is 5.75 Å². The van der Waals surface area contributed by atoms with Crippen molar-refractivity contribution < 1.29 is 37.4 Å². The van der Waals surface area contributed by atoms with Gasteiger partial charge in [-0.25, -0.2) is 0 Å². The van der Waals surface area contributed by atoms with E-state index >= 15 is 0 Å². The van der Waals surface area contributed by atoms with E-state index in [1.165, 1.54) is 19.1 Å². The summed E-state index contributed by atoms with van der Waals surface area (Å²) in [6, 6.07) is 14.2. The maximum absolute atomic E-state index is 13.1. The van der Waals surface area contributed by atoms with Crippen molar-refractivity contribution >= 4 is 23.6 Å². The molecular formula is C28H26F2N2O6. The summed E-state index contributed by atoms with van der Waals surface area (Å²) in [5.74, 6) is -1.78. The van der Waals surface area contributed by atoms with Crippen LogP contribution in [-0.2, 0) is 9.53 Å². The summed E-state index contributed by atoms with van der Waals surface area (Å²) < 4.78 is 36.3. The predicted octanol–water partition coefficient (Wildman–Crippen LogP) is 4.89. The number of Topliss-reactive ketones (excluding diaryl/α,β-unsaturated/α-hetero) is 1. The molecule has 1 aliphatic rings. The lowest BCUT2D eigenvalue weighted by atomic mass is 10.1. The second-order valence-corrected chi connectivity index (χ2v) is 8.90. The van der Waals surface area contributed by atoms with Gasteiger partial charge in [-0.15, -0.1) is 0 Å². The first kappa shape index (κ1) is 26.7. The molecule has 1 atom stereocenters. The molecule has 0 bridgehead atoms. The van der Waals surface area contributed by atoms with Gasteiger partial charge in [0, 0.05) is 35.6 Å². The van der Waals surface area contributed by atoms with Crippen LogP contribution in [0.1, 0.15) is 62.2 Å². The summed E-state index contributed by atoms with van der Waals surface area (Å²) >= 11 is 0. The number of ether oxygens (including phenoxy) is 2. The fraction of sp³-hybridized carbons (Fsp3) is 0.286. The molecule has 8 nitrogen and oxygen atoms in total. The van der Waals surface area contributed by atoms with E-state index in [1.54, 1.807) is 60.9 Å². The van der Waals surface area contributed by atoms with Crippen LogP contribution in [0.2, 0.25) is 0 Å². The molecule has 0 radical (unpaired) electrons. The number of hydrogen-bond acceptors (Lipinski definition) is 6. The Morgan fingerprint density at radius 1 is 0.947 bits per heavy atom. The van der Waals surface area contributed by atoms with Crippen LogP contribution in [0.3, 0.4) is 0 Å². The summed E-state index contributed by atoms with van der Waals surface area (Å²) in [5, 5.41) is 0. The number of carbonyl (C=O) groups excluding carboxylic acids is 4. The molecule has 1 aliphatic heterocycles. The van der Waals surface area contributed by atoms with E-state index in [9.17, 15) is 28.0 Å². The fourth-order valence-electron chi connectivity index (χ4n) is 4.54. The number of aryl methyl sites for hydroxylation is 1. The molecule has 4 rings (SSSR count). The number of rotatable bonds is 10. The second kappa shape index (κ2) is 11.0. The minimum Gasteiger partial charge on any atom is -0.454 e. The topological polar surface area (TPSA) is 94.9 Å². The number of amides is 2. The number of aromatic nitrogens is 1. The third kappa shape index (κ3) is 5.34. The van der Waals surface area contributed by atoms with Gasteiger partial charge < -0.3 is 14.0 Å². The Bertz CT molecular complexity index is 1360. The molecule has 10 heteroatoms. The number of imide groups is 1. The molecule has 2 heterocycles. The lowest BCUT2D eigenvalue weighted by Gasteiger charge is -2.15. The zero-order valence-corrected chi connectivity index (χ0v) is 21.1. The Morgan fingerprint density at radius 3 is 2.13 bits per heavy atom. The average molecular weight is 525 g/mol. The van der Waals surface area contributed by atoms with Crippen LogP contribution in [0.5, 0.6) is 5.75 Å². The molecule has 0 saturated carbocycles. The Hall–Kier alpha value is -4.34. The normalized spacial score (nSPS) is 13.6. The SMILES string of the molecule is Cc1cc(C(=O)[C@H](C)OC(=O)CCCN2C(=O)c3ccccc3C2=O)c(C)n1-c1ccc(OC(F)F)cc1. The van der Waals surface area contributed by atoms with Crippen LogP contribution < -0.4 is 4.74 Å². The molecule has 0 fully saturated rings. The molecule has 0 aliphatic carbocycles. The van der Waals surface area contributed by atoms with E-state index in [1.807, 2.05) is 0 Å². The van der Waals surface area contributed by atoms with Crippen LogP contribution in [0, 0.1) is 13.8 Å². The van der Waals surface area contributed by atoms with Crippen molar-refractivity contribution in [1.82, 2.24) is 9.47 Å². The molecule has 0 N–H and O–H groups in total. The molecular weight excluding hydrogens is 498 g/mol. The van der Waals surface area contributed by atoms with E-state index in [0.29, 0.717) is 28.1 Å². The number of alkyl halides is 2. The number of ketones is 1. The van der Waals surface area contributed by atoms with Gasteiger partial charge in [-0.2, -0.15) is 8.78 Å². The first-order valence-corrected chi connectivity index (χ1v) is 12.0. The van der Waals surface area contributed by atoms with Gasteiger partial charge in [0.25, 0.3) is 11.8 Å². The number of nitrogens with zero attached hydrogens (tertiary/aromatic N) is 2. The smallest absolute Gasteiger partial charge is 0.387 e. The molecule has 2 amide bonds. The summed E-state index contributed by atoms with van der Waals surface area (Å²) in [5.41, 5.74) is 3.03. The largest absolute Gasteiger partial charge is 0.454 e. The Morgan fingerprint density at radius 2 is 1.55 bits per heavy atom. The van der Waals surface area contributed by atoms with Gasteiger partial charge in [-0.1, -0.05) is 12.1 Å². The van der Waals surface area contributed by atoms with Gasteiger partial charge in [0.2, 0.25) is 5.78 Å². The molecule has 3 aromatic rings. The van der Waals surface area contributed by atoms with E-state index in [-0.39, 0.29) is 25.1 Å². The van der Waals surface area contributed by atoms with Crippen molar-refractivity contribution in [2.75, 3.05) is 6.54 Å². The minimum absolute atomic E-state index is 0.0195. The van der Waals surface area contributed by atoms with E-state index in [4.69, 9.17) is 4.74 Å². The van der Waals surface area contributed by atoms with Crippen molar-refractivity contribution in [1.29, 1.82) is 0 Å². The van der Waals surface area contributed by atoms with E-state index < -0.39 is 36.3 Å². The van der Waals surface area contributed by atoms with Crippen LogP contribution in [0.4, 0.5) is 8.78 Å². The third-order valence-electron chi connectivity index (χ3n) is 6.33. The number of esters is 1. The minimum atomic E-state index is -2.92. The molecule has 1 aromatic heterocycles. The zero-order chi connectivity index (χ0) is 27.6. The molecule has 0 saturated heterocycles. The lowest BCUT2D eigenvalue weighted by molar-refractivity contribution is -0.146. The van der Waals surface area contributed by atoms with Crippen molar-refractivity contribution in [3.8, 4) is 11.4 Å². The van der Waals surface area contributed by atoms with Crippen LogP contribution >= 0.6 is 0 Å². The summed E-state index contributed by atoms with van der Waals surface area (Å²) in [6.07, 6.45) is -0.931. The zero-order valence-electron chi connectivity index (χ0n) is 21.1. The maximum atomic E-state index is 13.1. The van der Waals surface area contributed by atoms with Gasteiger partial charge in [0.15, 0.2) is 6.10 Å². The van der Waals surface area contributed by atoms with Crippen molar-refractivity contribution in [3.05, 3.63) is 82.7 Å². The first-order chi connectivity index (χ1) is 18.1. The van der Waals surface area contributed by atoms with Crippen molar-refractivity contribution in [3.63, 3.8) is 0 Å². The van der Waals surface area contributed by atoms with Crippen molar-refractivity contribution in [2.45, 2.75) is 46.3 Å². The fourth-order valence-corrected chi connectivity index (χ4v) is 4.54. The standard InChI is InChI=1S/C28H26F2N2O6/c1-16-15-23(17(2)32(16)19-10-12-20(13-11-19)38-28(29)30)25(34)18(3)37-24(33)9-6-14-31-26(35)21-7-4-5-8-22(21)27(31)36/h4-5,7-8,10-13,15,18,28H,6,9,14H2,1-3H3/t18-/m0/s1. The van der Waals surface area contributed by atoms with Crippen LogP contribution in [0.15, 0.2) is 54.6 Å². The number of carbonyl (C=O) groups is 4. The van der Waals surface area contributed by atoms with E-state index in [2.05, 4.69) is 4.74 Å². The highest BCUT2D eigenvalue weighted by atomic mass is 19.3. The highest BCUT2D eigenvalue weighted by Gasteiger charge is 2.34. The maximum Gasteiger partial charge on any atom is 0.387 e. The first-order valence-electron chi connectivity index (χ1n) is 12.0. The van der Waals surface area contributed by atoms with Crippen LogP contribution in [0.25, 0.3) is 5.69 Å². The average Bonchev–Trinajstić information content (AvgIpc) is 3.31. The molecule has 38 heavy (non-hydrogen) atoms. The van der Waals surface area contributed by atoms with Gasteiger partial charge in [0.05, 0.1) is 11.1 Å². The molecule has 0 unspecified atom stereocenters. The van der Waals surface area contributed by atoms with Gasteiger partial charge in [-0.3, -0.25) is 24.1 Å². The second-order valence-electron chi connectivity index (χ2n) is 8.90. The van der Waals surface area contributed by atoms with Crippen LogP contribution in [-0.4, -0.2) is 52.3 Å². The summed E-state index contributed by atoms with van der Waals surface area (Å²) in [4.78, 5) is 51.5. The molecule has 0 spiro atoms. The predicted molar refractivity (Wildman–Crippen MR) is 133 cm³/mol. The Balaban J connectivity index is 1.34. The third-order valence-corrected chi connectivity index (χ3v) is 6.33. The number of benzene rings is 2. The Kier molecular flexibility index (Phi) is 7.70. The van der Waals surface area contributed by atoms with E-state index in [0.717, 1.165) is 10.6 Å². The molecule has 2 aromatic carbocycles. The number of halogens is 2. The number of fused-ring (bicyclic) bond motifs is 1. The number of hydrogen-bond donors (Lipinski definition) is 0. The highest BCUT2D eigenvalue weighted by molar-refractivity contribution is 6.21. The lowest BCUT2D eigenvalue weighted by Crippen LogP contribution is -2.31. The quantitative estimate of drug-likeness (QED) is 0.213. The van der Waals surface area contributed by atoms with Gasteiger partial charge in [-0.05, 0) is 69.7 Å². The highest BCUT2D eigenvalue weighted by Crippen LogP contribution is 2.25.